The van der Waals surface area contributed by atoms with E-state index in [1.165, 1.54) is 16.0 Å². The lowest BCUT2D eigenvalue weighted by Gasteiger charge is -2.21. The summed E-state index contributed by atoms with van der Waals surface area (Å²) in [6.45, 7) is 3.87. The lowest BCUT2D eigenvalue weighted by atomic mass is 9.98. The van der Waals surface area contributed by atoms with Gasteiger partial charge in [0.1, 0.15) is 12.6 Å². The van der Waals surface area contributed by atoms with E-state index in [2.05, 4.69) is 30.8 Å². The maximum atomic E-state index is 12.7. The number of amides is 1. The zero-order valence-corrected chi connectivity index (χ0v) is 15.7. The second kappa shape index (κ2) is 7.89. The van der Waals surface area contributed by atoms with E-state index < -0.39 is 12.1 Å². The summed E-state index contributed by atoms with van der Waals surface area (Å²) in [5, 5.41) is 0. The van der Waals surface area contributed by atoms with Crippen molar-refractivity contribution in [3.05, 3.63) is 72.3 Å². The van der Waals surface area contributed by atoms with E-state index in [9.17, 15) is 9.59 Å². The second-order valence-corrected chi connectivity index (χ2v) is 7.10. The molecule has 5 heteroatoms. The van der Waals surface area contributed by atoms with E-state index in [1.54, 1.807) is 6.08 Å². The van der Waals surface area contributed by atoms with Gasteiger partial charge in [-0.25, -0.2) is 9.59 Å². The molecule has 2 aliphatic rings. The van der Waals surface area contributed by atoms with Crippen molar-refractivity contribution in [2.24, 2.45) is 0 Å². The van der Waals surface area contributed by atoms with Crippen molar-refractivity contribution in [3.8, 4) is 11.1 Å². The third kappa shape index (κ3) is 3.28. The third-order valence-corrected chi connectivity index (χ3v) is 5.45. The maximum Gasteiger partial charge on any atom is 0.413 e. The van der Waals surface area contributed by atoms with E-state index in [-0.39, 0.29) is 25.2 Å². The van der Waals surface area contributed by atoms with Crippen LogP contribution in [0.2, 0.25) is 0 Å². The number of hydrogen-bond donors (Lipinski definition) is 0. The summed E-state index contributed by atoms with van der Waals surface area (Å²) in [6, 6.07) is 15.8. The highest BCUT2D eigenvalue weighted by Crippen LogP contribution is 2.44. The highest BCUT2D eigenvalue weighted by molar-refractivity contribution is 5.84. The summed E-state index contributed by atoms with van der Waals surface area (Å²) in [7, 11) is 0. The molecule has 4 rings (SSSR count). The number of allylic oxidation sites excluding steroid dienone is 1. The first-order chi connectivity index (χ1) is 13.7. The van der Waals surface area contributed by atoms with Gasteiger partial charge in [0.25, 0.3) is 0 Å². The molecular weight excluding hydrogens is 354 g/mol. The summed E-state index contributed by atoms with van der Waals surface area (Å²) in [4.78, 5) is 26.0. The molecule has 0 N–H and O–H groups in total. The first-order valence-electron chi connectivity index (χ1n) is 9.60. The molecular formula is C23H23NO4. The molecule has 1 aliphatic heterocycles. The van der Waals surface area contributed by atoms with Crippen LogP contribution in [0.5, 0.6) is 0 Å². The van der Waals surface area contributed by atoms with E-state index in [0.717, 1.165) is 24.0 Å². The fourth-order valence-corrected chi connectivity index (χ4v) is 4.03. The van der Waals surface area contributed by atoms with Gasteiger partial charge in [-0.2, -0.15) is 0 Å². The molecule has 1 amide bonds. The summed E-state index contributed by atoms with van der Waals surface area (Å²) in [6.07, 6.45) is 3.42. The molecule has 5 nitrogen and oxygen atoms in total. The minimum absolute atomic E-state index is 0.00483. The standard InChI is InChI=1S/C23H23NO4/c1-2-3-4-13-21-22(25)28-15-24(21)23(26)27-14-20-18-11-7-5-9-16(18)17-10-6-8-12-19(17)20/h2,5-12,20-21H,1,3-4,13-15H2. The second-order valence-electron chi connectivity index (χ2n) is 7.10. The quantitative estimate of drug-likeness (QED) is 0.423. The van der Waals surface area contributed by atoms with Crippen molar-refractivity contribution < 1.29 is 19.1 Å². The zero-order chi connectivity index (χ0) is 19.5. The fourth-order valence-electron chi connectivity index (χ4n) is 4.03. The van der Waals surface area contributed by atoms with Crippen molar-refractivity contribution in [3.63, 3.8) is 0 Å². The number of unbranched alkanes of at least 4 members (excludes halogenated alkanes) is 1. The van der Waals surface area contributed by atoms with Crippen LogP contribution in [0.15, 0.2) is 61.2 Å². The van der Waals surface area contributed by atoms with Crippen LogP contribution < -0.4 is 0 Å². The zero-order valence-electron chi connectivity index (χ0n) is 15.7. The van der Waals surface area contributed by atoms with Gasteiger partial charge in [0.15, 0.2) is 6.73 Å². The SMILES string of the molecule is C=CCCCC1C(=O)OCN1C(=O)OCC1c2ccccc2-c2ccccc21. The summed E-state index contributed by atoms with van der Waals surface area (Å²) < 4.78 is 10.7. The molecule has 0 aromatic heterocycles. The molecule has 0 radical (unpaired) electrons. The van der Waals surface area contributed by atoms with Gasteiger partial charge in [0.2, 0.25) is 0 Å². The van der Waals surface area contributed by atoms with Crippen LogP contribution in [0.25, 0.3) is 11.1 Å². The van der Waals surface area contributed by atoms with E-state index >= 15 is 0 Å². The number of cyclic esters (lactones) is 1. The molecule has 1 unspecified atom stereocenters. The molecule has 2 aromatic rings. The molecule has 0 saturated carbocycles. The van der Waals surface area contributed by atoms with Gasteiger partial charge in [0, 0.05) is 5.92 Å². The van der Waals surface area contributed by atoms with Crippen LogP contribution in [-0.2, 0) is 14.3 Å². The van der Waals surface area contributed by atoms with Crippen molar-refractivity contribution in [1.29, 1.82) is 0 Å². The third-order valence-electron chi connectivity index (χ3n) is 5.45. The number of fused-ring (bicyclic) bond motifs is 3. The summed E-state index contributed by atoms with van der Waals surface area (Å²) in [5.41, 5.74) is 4.68. The maximum absolute atomic E-state index is 12.7. The molecule has 1 heterocycles. The lowest BCUT2D eigenvalue weighted by molar-refractivity contribution is -0.139. The van der Waals surface area contributed by atoms with Crippen LogP contribution >= 0.6 is 0 Å². The van der Waals surface area contributed by atoms with E-state index in [1.807, 2.05) is 24.3 Å². The first-order valence-corrected chi connectivity index (χ1v) is 9.60. The molecule has 0 bridgehead atoms. The van der Waals surface area contributed by atoms with Gasteiger partial charge < -0.3 is 9.47 Å². The van der Waals surface area contributed by atoms with Gasteiger partial charge in [0.05, 0.1) is 0 Å². The average Bonchev–Trinajstić information content (AvgIpc) is 3.25. The van der Waals surface area contributed by atoms with Gasteiger partial charge in [-0.3, -0.25) is 4.90 Å². The van der Waals surface area contributed by atoms with Gasteiger partial charge >= 0.3 is 12.1 Å². The predicted octanol–water partition coefficient (Wildman–Crippen LogP) is 4.48. The molecule has 0 spiro atoms. The Balaban J connectivity index is 1.46. The smallest absolute Gasteiger partial charge is 0.413 e. The average molecular weight is 377 g/mol. The van der Waals surface area contributed by atoms with Crippen LogP contribution in [0.3, 0.4) is 0 Å². The lowest BCUT2D eigenvalue weighted by Crippen LogP contribution is -2.39. The number of rotatable bonds is 6. The highest BCUT2D eigenvalue weighted by atomic mass is 16.6. The largest absolute Gasteiger partial charge is 0.448 e. The van der Waals surface area contributed by atoms with Crippen LogP contribution in [0.1, 0.15) is 36.3 Å². The number of carbonyl (C=O) groups excluding carboxylic acids is 2. The number of hydrogen-bond acceptors (Lipinski definition) is 4. The molecule has 144 valence electrons. The highest BCUT2D eigenvalue weighted by Gasteiger charge is 2.39. The Kier molecular flexibility index (Phi) is 5.15. The first kappa shape index (κ1) is 18.3. The Bertz CT molecular complexity index is 861. The summed E-state index contributed by atoms with van der Waals surface area (Å²) in [5.74, 6) is -0.368. The Morgan fingerprint density at radius 3 is 2.43 bits per heavy atom. The molecule has 1 fully saturated rings. The van der Waals surface area contributed by atoms with Crippen LogP contribution in [0.4, 0.5) is 4.79 Å². The number of benzene rings is 2. The van der Waals surface area contributed by atoms with Gasteiger partial charge in [-0.15, -0.1) is 6.58 Å². The molecule has 1 aliphatic carbocycles. The Morgan fingerprint density at radius 2 is 1.79 bits per heavy atom. The minimum atomic E-state index is -0.574. The number of nitrogens with zero attached hydrogens (tertiary/aromatic N) is 1. The molecule has 1 saturated heterocycles. The number of ether oxygens (including phenoxy) is 2. The normalized spacial score (nSPS) is 17.8. The molecule has 2 aromatic carbocycles. The topological polar surface area (TPSA) is 55.8 Å². The summed E-state index contributed by atoms with van der Waals surface area (Å²) >= 11 is 0. The molecule has 1 atom stereocenters. The number of esters is 1. The Hall–Kier alpha value is -3.08. The predicted molar refractivity (Wildman–Crippen MR) is 106 cm³/mol. The Labute approximate surface area is 164 Å². The fraction of sp³-hybridized carbons (Fsp3) is 0.304. The van der Waals surface area contributed by atoms with Crippen molar-refractivity contribution >= 4 is 12.1 Å². The monoisotopic (exact) mass is 377 g/mol. The number of carbonyl (C=O) groups is 2. The Morgan fingerprint density at radius 1 is 1.14 bits per heavy atom. The van der Waals surface area contributed by atoms with Crippen LogP contribution in [0, 0.1) is 0 Å². The molecule has 28 heavy (non-hydrogen) atoms. The van der Waals surface area contributed by atoms with Crippen molar-refractivity contribution in [2.75, 3.05) is 13.3 Å². The van der Waals surface area contributed by atoms with Gasteiger partial charge in [-0.05, 0) is 41.5 Å². The van der Waals surface area contributed by atoms with Crippen molar-refractivity contribution in [1.82, 2.24) is 4.90 Å². The van der Waals surface area contributed by atoms with E-state index in [4.69, 9.17) is 9.47 Å². The van der Waals surface area contributed by atoms with E-state index in [0.29, 0.717) is 6.42 Å². The van der Waals surface area contributed by atoms with Gasteiger partial charge in [-0.1, -0.05) is 54.6 Å². The van der Waals surface area contributed by atoms with Crippen LogP contribution in [-0.4, -0.2) is 36.3 Å². The van der Waals surface area contributed by atoms with Crippen molar-refractivity contribution in [2.45, 2.75) is 31.2 Å². The minimum Gasteiger partial charge on any atom is -0.448 e.